The van der Waals surface area contributed by atoms with Crippen molar-refractivity contribution >= 4 is 61.6 Å². The number of benzene rings is 2. The second kappa shape index (κ2) is 8.18. The minimum absolute atomic E-state index is 0.0266. The number of amidine groups is 1. The lowest BCUT2D eigenvalue weighted by molar-refractivity contribution is -0.119. The van der Waals surface area contributed by atoms with Gasteiger partial charge in [-0.15, -0.1) is 0 Å². The number of nitrogens with zero attached hydrogens (tertiary/aromatic N) is 2. The van der Waals surface area contributed by atoms with Crippen molar-refractivity contribution < 1.29 is 17.9 Å². The first-order chi connectivity index (χ1) is 13.8. The summed E-state index contributed by atoms with van der Waals surface area (Å²) in [6.45, 7) is -0.223. The molecule has 152 valence electrons. The second-order valence-corrected chi connectivity index (χ2v) is 10.9. The monoisotopic (exact) mass is 470 g/mol. The first-order valence-corrected chi connectivity index (χ1v) is 12.2. The molecule has 0 N–H and O–H groups in total. The highest BCUT2D eigenvalue weighted by atomic mass is 35.5. The zero-order chi connectivity index (χ0) is 20.6. The van der Waals surface area contributed by atoms with Crippen molar-refractivity contribution in [1.29, 1.82) is 0 Å². The third-order valence-corrected chi connectivity index (χ3v) is 8.32. The van der Waals surface area contributed by atoms with E-state index in [1.165, 1.54) is 11.8 Å². The number of rotatable bonds is 4. The molecule has 0 aliphatic carbocycles. The van der Waals surface area contributed by atoms with Gasteiger partial charge in [-0.05, 0) is 30.3 Å². The Hall–Kier alpha value is -1.74. The number of halogens is 2. The SMILES string of the molecule is O=C(COc1ccccc1)N=C1S[C@@H]2CS(=O)(=O)C[C@@H]2N1c1cc(Cl)ccc1Cl. The van der Waals surface area contributed by atoms with E-state index in [0.29, 0.717) is 26.6 Å². The zero-order valence-corrected chi connectivity index (χ0v) is 18.1. The van der Waals surface area contributed by atoms with Gasteiger partial charge >= 0.3 is 0 Å². The molecule has 4 rings (SSSR count). The summed E-state index contributed by atoms with van der Waals surface area (Å²) in [5.41, 5.74) is 0.534. The number of fused-ring (bicyclic) bond motifs is 1. The smallest absolute Gasteiger partial charge is 0.285 e. The summed E-state index contributed by atoms with van der Waals surface area (Å²) in [6, 6.07) is 13.5. The molecule has 2 aromatic rings. The lowest BCUT2D eigenvalue weighted by Crippen LogP contribution is -2.38. The lowest BCUT2D eigenvalue weighted by atomic mass is 10.2. The third-order valence-electron chi connectivity index (χ3n) is 4.56. The van der Waals surface area contributed by atoms with Crippen molar-refractivity contribution in [3.8, 4) is 5.75 Å². The Morgan fingerprint density at radius 2 is 1.93 bits per heavy atom. The van der Waals surface area contributed by atoms with Crippen molar-refractivity contribution in [2.24, 2.45) is 4.99 Å². The summed E-state index contributed by atoms with van der Waals surface area (Å²) in [7, 11) is -3.17. The summed E-state index contributed by atoms with van der Waals surface area (Å²) in [6.07, 6.45) is 0. The van der Waals surface area contributed by atoms with Gasteiger partial charge in [0.25, 0.3) is 5.91 Å². The molecule has 2 aliphatic rings. The average molecular weight is 471 g/mol. The van der Waals surface area contributed by atoms with Crippen molar-refractivity contribution in [1.82, 2.24) is 0 Å². The summed E-state index contributed by atoms with van der Waals surface area (Å²) in [4.78, 5) is 18.3. The Kier molecular flexibility index (Phi) is 5.79. The van der Waals surface area contributed by atoms with Gasteiger partial charge in [-0.1, -0.05) is 53.2 Å². The van der Waals surface area contributed by atoms with Gasteiger partial charge in [0.2, 0.25) is 0 Å². The van der Waals surface area contributed by atoms with Gasteiger partial charge in [0.05, 0.1) is 28.3 Å². The van der Waals surface area contributed by atoms with Gasteiger partial charge < -0.3 is 9.64 Å². The number of ether oxygens (including phenoxy) is 1. The van der Waals surface area contributed by atoms with Gasteiger partial charge in [0.1, 0.15) is 5.75 Å². The molecule has 0 unspecified atom stereocenters. The predicted octanol–water partition coefficient (Wildman–Crippen LogP) is 3.67. The maximum Gasteiger partial charge on any atom is 0.285 e. The van der Waals surface area contributed by atoms with E-state index in [1.807, 2.05) is 18.2 Å². The van der Waals surface area contributed by atoms with Gasteiger partial charge in [-0.25, -0.2) is 8.42 Å². The first kappa shape index (κ1) is 20.5. The maximum atomic E-state index is 12.4. The molecule has 2 saturated heterocycles. The molecule has 0 spiro atoms. The fraction of sp³-hybridized carbons (Fsp3) is 0.263. The van der Waals surface area contributed by atoms with E-state index in [-0.39, 0.29) is 29.4 Å². The summed E-state index contributed by atoms with van der Waals surface area (Å²) >= 11 is 13.8. The van der Waals surface area contributed by atoms with Crippen molar-refractivity contribution in [3.63, 3.8) is 0 Å². The number of aliphatic imine (C=N–C) groups is 1. The third kappa shape index (κ3) is 4.55. The number of carbonyl (C=O) groups excluding carboxylic acids is 1. The van der Waals surface area contributed by atoms with Gasteiger partial charge in [-0.3, -0.25) is 4.79 Å². The van der Waals surface area contributed by atoms with Crippen LogP contribution in [0.2, 0.25) is 10.0 Å². The number of carbonyl (C=O) groups is 1. The van der Waals surface area contributed by atoms with E-state index in [0.717, 1.165) is 0 Å². The van der Waals surface area contributed by atoms with Crippen molar-refractivity contribution in [3.05, 3.63) is 58.6 Å². The summed E-state index contributed by atoms with van der Waals surface area (Å²) in [5, 5.41) is 1.04. The second-order valence-electron chi connectivity index (χ2n) is 6.66. The fourth-order valence-electron chi connectivity index (χ4n) is 3.32. The number of sulfone groups is 1. The highest BCUT2D eigenvalue weighted by Gasteiger charge is 2.49. The van der Waals surface area contributed by atoms with Crippen LogP contribution in [0, 0.1) is 0 Å². The molecule has 0 bridgehead atoms. The first-order valence-electron chi connectivity index (χ1n) is 8.73. The Morgan fingerprint density at radius 3 is 2.69 bits per heavy atom. The van der Waals surface area contributed by atoms with E-state index in [2.05, 4.69) is 4.99 Å². The fourth-order valence-corrected chi connectivity index (χ4v) is 7.62. The van der Waals surface area contributed by atoms with Crippen LogP contribution in [0.3, 0.4) is 0 Å². The van der Waals surface area contributed by atoms with E-state index in [4.69, 9.17) is 27.9 Å². The molecule has 0 saturated carbocycles. The van der Waals surface area contributed by atoms with E-state index < -0.39 is 15.7 Å². The molecule has 2 atom stereocenters. The predicted molar refractivity (Wildman–Crippen MR) is 117 cm³/mol. The number of anilines is 1. The van der Waals surface area contributed by atoms with E-state index in [9.17, 15) is 13.2 Å². The van der Waals surface area contributed by atoms with Crippen LogP contribution in [-0.2, 0) is 14.6 Å². The van der Waals surface area contributed by atoms with Crippen LogP contribution in [0.5, 0.6) is 5.75 Å². The number of thioether (sulfide) groups is 1. The molecule has 0 radical (unpaired) electrons. The number of para-hydroxylation sites is 1. The summed E-state index contributed by atoms with van der Waals surface area (Å²) in [5.74, 6) is 0.103. The molecule has 29 heavy (non-hydrogen) atoms. The van der Waals surface area contributed by atoms with Crippen LogP contribution < -0.4 is 9.64 Å². The Bertz CT molecular complexity index is 1080. The average Bonchev–Trinajstić information content (AvgIpc) is 3.14. The number of hydrogen-bond donors (Lipinski definition) is 0. The lowest BCUT2D eigenvalue weighted by Gasteiger charge is -2.25. The molecule has 6 nitrogen and oxygen atoms in total. The Morgan fingerprint density at radius 1 is 1.17 bits per heavy atom. The maximum absolute atomic E-state index is 12.4. The van der Waals surface area contributed by atoms with Crippen molar-refractivity contribution in [2.45, 2.75) is 11.3 Å². The topological polar surface area (TPSA) is 76.0 Å². The minimum Gasteiger partial charge on any atom is -0.484 e. The van der Waals surface area contributed by atoms with E-state index in [1.54, 1.807) is 35.2 Å². The molecular formula is C19H16Cl2N2O4S2. The molecule has 2 aliphatic heterocycles. The molecule has 2 aromatic carbocycles. The van der Waals surface area contributed by atoms with Crippen molar-refractivity contribution in [2.75, 3.05) is 23.0 Å². The highest BCUT2D eigenvalue weighted by Crippen LogP contribution is 2.43. The quantitative estimate of drug-likeness (QED) is 0.678. The van der Waals surface area contributed by atoms with Crippen LogP contribution >= 0.6 is 35.0 Å². The molecule has 2 fully saturated rings. The van der Waals surface area contributed by atoms with Crippen LogP contribution in [0.25, 0.3) is 0 Å². The molecular weight excluding hydrogens is 455 g/mol. The molecule has 1 amide bonds. The molecule has 2 heterocycles. The molecule has 0 aromatic heterocycles. The van der Waals surface area contributed by atoms with E-state index >= 15 is 0 Å². The normalized spacial score (nSPS) is 23.9. The van der Waals surface area contributed by atoms with Gasteiger partial charge in [0.15, 0.2) is 21.6 Å². The largest absolute Gasteiger partial charge is 0.484 e. The van der Waals surface area contributed by atoms with Crippen LogP contribution in [0.4, 0.5) is 5.69 Å². The van der Waals surface area contributed by atoms with Crippen LogP contribution in [0.15, 0.2) is 53.5 Å². The Labute approximate surface area is 182 Å². The van der Waals surface area contributed by atoms with Crippen LogP contribution in [-0.4, -0.2) is 48.9 Å². The minimum atomic E-state index is -3.17. The summed E-state index contributed by atoms with van der Waals surface area (Å²) < 4.78 is 29.7. The van der Waals surface area contributed by atoms with Gasteiger partial charge in [-0.2, -0.15) is 4.99 Å². The number of hydrogen-bond acceptors (Lipinski definition) is 5. The molecule has 10 heteroatoms. The van der Waals surface area contributed by atoms with Gasteiger partial charge in [0, 0.05) is 10.3 Å². The number of amides is 1. The standard InChI is InChI=1S/C19H16Cl2N2O4S2/c20-12-6-7-14(21)15(8-12)23-16-10-29(25,26)11-17(16)28-19(23)22-18(24)9-27-13-4-2-1-3-5-13/h1-8,16-17H,9-11H2/t16-,17+/m0/s1. The highest BCUT2D eigenvalue weighted by molar-refractivity contribution is 8.16. The van der Waals surface area contributed by atoms with Crippen LogP contribution in [0.1, 0.15) is 0 Å². The Balaban J connectivity index is 1.61. The zero-order valence-electron chi connectivity index (χ0n) is 15.0.